The van der Waals surface area contributed by atoms with Gasteiger partial charge in [-0.1, -0.05) is 127 Å². The summed E-state index contributed by atoms with van der Waals surface area (Å²) >= 11 is 0. The van der Waals surface area contributed by atoms with Crippen molar-refractivity contribution in [3.63, 3.8) is 0 Å². The third-order valence-electron chi connectivity index (χ3n) is 8.21. The molecule has 0 heterocycles. The molecular formula is C43H66O5. The van der Waals surface area contributed by atoms with Crippen LogP contribution >= 0.6 is 0 Å². The molecule has 0 saturated carbocycles. The van der Waals surface area contributed by atoms with Crippen LogP contribution in [0.1, 0.15) is 178 Å². The summed E-state index contributed by atoms with van der Waals surface area (Å²) in [5.41, 5.74) is 0.364. The van der Waals surface area contributed by atoms with Gasteiger partial charge >= 0.3 is 11.9 Å². The lowest BCUT2D eigenvalue weighted by Gasteiger charge is -2.11. The van der Waals surface area contributed by atoms with Crippen molar-refractivity contribution in [2.75, 3.05) is 0 Å². The number of carbonyl (C=O) groups excluding carboxylic acids is 3. The van der Waals surface area contributed by atoms with E-state index in [-0.39, 0.29) is 29.9 Å². The predicted octanol–water partition coefficient (Wildman–Crippen LogP) is 12.9. The van der Waals surface area contributed by atoms with Crippen LogP contribution in [0, 0.1) is 0 Å². The molecule has 5 nitrogen and oxygen atoms in total. The Morgan fingerprint density at radius 3 is 1.33 bits per heavy atom. The van der Waals surface area contributed by atoms with E-state index in [4.69, 9.17) is 9.47 Å². The van der Waals surface area contributed by atoms with Crippen molar-refractivity contribution in [3.8, 4) is 11.5 Å². The number of benzene rings is 1. The Kier molecular flexibility index (Phi) is 28.8. The number of ether oxygens (including phenoxy) is 2. The van der Waals surface area contributed by atoms with Gasteiger partial charge in [-0.25, -0.2) is 0 Å². The normalized spacial score (nSPS) is 11.8. The highest BCUT2D eigenvalue weighted by Gasteiger charge is 2.15. The zero-order valence-electron chi connectivity index (χ0n) is 30.4. The van der Waals surface area contributed by atoms with Gasteiger partial charge in [-0.15, -0.1) is 0 Å². The van der Waals surface area contributed by atoms with Crippen LogP contribution < -0.4 is 9.47 Å². The second-order valence-electron chi connectivity index (χ2n) is 12.7. The molecule has 1 rings (SSSR count). The highest BCUT2D eigenvalue weighted by atomic mass is 16.6. The number of allylic oxidation sites excluding steroid dienone is 8. The molecule has 0 saturated heterocycles. The van der Waals surface area contributed by atoms with Gasteiger partial charge in [-0.2, -0.15) is 0 Å². The van der Waals surface area contributed by atoms with Crippen molar-refractivity contribution >= 4 is 18.2 Å². The van der Waals surface area contributed by atoms with E-state index in [2.05, 4.69) is 62.5 Å². The fraction of sp³-hybridized carbons (Fsp3) is 0.605. The van der Waals surface area contributed by atoms with Crippen molar-refractivity contribution in [1.29, 1.82) is 0 Å². The number of aldehydes is 1. The van der Waals surface area contributed by atoms with E-state index < -0.39 is 0 Å². The number of rotatable bonds is 31. The molecule has 0 atom stereocenters. The molecule has 0 unspecified atom stereocenters. The van der Waals surface area contributed by atoms with E-state index in [1.54, 1.807) is 6.07 Å². The third kappa shape index (κ3) is 25.8. The lowest BCUT2D eigenvalue weighted by molar-refractivity contribution is -0.137. The van der Waals surface area contributed by atoms with Crippen molar-refractivity contribution in [2.45, 2.75) is 168 Å². The fourth-order valence-electron chi connectivity index (χ4n) is 5.27. The molecule has 0 aliphatic rings. The molecular weight excluding hydrogens is 596 g/mol. The molecule has 0 bridgehead atoms. The SMILES string of the molecule is CCCCC/C=C\C/C=C\CCCCCCCC(=O)Oc1ccc(C=O)cc1OC(=O)CCCCCCC/C=C\C/C=C\CCCCC. The largest absolute Gasteiger partial charge is 0.423 e. The van der Waals surface area contributed by atoms with Gasteiger partial charge in [0.05, 0.1) is 0 Å². The lowest BCUT2D eigenvalue weighted by Crippen LogP contribution is -2.12. The highest BCUT2D eigenvalue weighted by molar-refractivity contribution is 5.80. The van der Waals surface area contributed by atoms with Crippen LogP contribution in [0.5, 0.6) is 11.5 Å². The first-order valence-electron chi connectivity index (χ1n) is 19.2. The summed E-state index contributed by atoms with van der Waals surface area (Å²) in [4.78, 5) is 36.4. The molecule has 0 aromatic heterocycles. The highest BCUT2D eigenvalue weighted by Crippen LogP contribution is 2.29. The number of carbonyl (C=O) groups is 3. The summed E-state index contributed by atoms with van der Waals surface area (Å²) in [5.74, 6) is -0.428. The molecule has 1 aromatic rings. The lowest BCUT2D eigenvalue weighted by atomic mass is 10.1. The third-order valence-corrected chi connectivity index (χ3v) is 8.21. The summed E-state index contributed by atoms with van der Waals surface area (Å²) in [5, 5.41) is 0. The Morgan fingerprint density at radius 2 is 0.896 bits per heavy atom. The van der Waals surface area contributed by atoms with Gasteiger partial charge in [0.2, 0.25) is 0 Å². The van der Waals surface area contributed by atoms with Crippen LogP contribution in [0.4, 0.5) is 0 Å². The maximum Gasteiger partial charge on any atom is 0.311 e. The average Bonchev–Trinajstić information content (AvgIpc) is 3.09. The van der Waals surface area contributed by atoms with E-state index in [1.165, 1.54) is 63.5 Å². The number of hydrogen-bond donors (Lipinski definition) is 0. The zero-order valence-corrected chi connectivity index (χ0v) is 30.4. The molecule has 268 valence electrons. The first-order valence-corrected chi connectivity index (χ1v) is 19.2. The van der Waals surface area contributed by atoms with Crippen LogP contribution in [0.2, 0.25) is 0 Å². The smallest absolute Gasteiger partial charge is 0.311 e. The van der Waals surface area contributed by atoms with E-state index in [0.717, 1.165) is 89.9 Å². The molecule has 0 spiro atoms. The predicted molar refractivity (Wildman–Crippen MR) is 202 cm³/mol. The first-order chi connectivity index (χ1) is 23.6. The second-order valence-corrected chi connectivity index (χ2v) is 12.7. The van der Waals surface area contributed by atoms with Gasteiger partial charge in [0.15, 0.2) is 11.5 Å². The van der Waals surface area contributed by atoms with Crippen molar-refractivity contribution < 1.29 is 23.9 Å². The fourth-order valence-corrected chi connectivity index (χ4v) is 5.27. The monoisotopic (exact) mass is 662 g/mol. The topological polar surface area (TPSA) is 69.7 Å². The standard InChI is InChI=1S/C43H66O5/c1-3-5-7-9-11-13-15-17-19-21-23-25-27-29-31-33-42(45)47-40-36-35-39(38-44)37-41(40)48-43(46)34-32-30-28-26-24-22-20-18-16-14-12-10-8-6-4-2/h11-14,17-20,35-38H,3-10,15-16,21-34H2,1-2H3/b13-11-,14-12-,19-17-,20-18-. The van der Waals surface area contributed by atoms with E-state index in [9.17, 15) is 14.4 Å². The van der Waals surface area contributed by atoms with Crippen LogP contribution in [0.25, 0.3) is 0 Å². The molecule has 0 aliphatic carbocycles. The van der Waals surface area contributed by atoms with Crippen LogP contribution in [0.3, 0.4) is 0 Å². The van der Waals surface area contributed by atoms with Gasteiger partial charge < -0.3 is 9.47 Å². The number of hydrogen-bond acceptors (Lipinski definition) is 5. The minimum Gasteiger partial charge on any atom is -0.423 e. The van der Waals surface area contributed by atoms with Gasteiger partial charge in [0, 0.05) is 18.4 Å². The Hall–Kier alpha value is -3.21. The maximum atomic E-state index is 12.5. The molecule has 0 aliphatic heterocycles. The number of esters is 2. The summed E-state index contributed by atoms with van der Waals surface area (Å²) in [6.07, 6.45) is 43.9. The molecule has 0 radical (unpaired) electrons. The minimum atomic E-state index is -0.380. The summed E-state index contributed by atoms with van der Waals surface area (Å²) in [7, 11) is 0. The quantitative estimate of drug-likeness (QED) is 0.0260. The average molecular weight is 663 g/mol. The zero-order chi connectivity index (χ0) is 34.8. The van der Waals surface area contributed by atoms with E-state index in [0.29, 0.717) is 18.3 Å². The van der Waals surface area contributed by atoms with E-state index in [1.807, 2.05) is 0 Å². The molecule has 0 fully saturated rings. The molecule has 48 heavy (non-hydrogen) atoms. The molecule has 1 aromatic carbocycles. The van der Waals surface area contributed by atoms with Crippen molar-refractivity contribution in [3.05, 3.63) is 72.4 Å². The van der Waals surface area contributed by atoms with Crippen molar-refractivity contribution in [1.82, 2.24) is 0 Å². The van der Waals surface area contributed by atoms with Gasteiger partial charge in [-0.05, 0) is 95.2 Å². The molecule has 5 heteroatoms. The van der Waals surface area contributed by atoms with E-state index >= 15 is 0 Å². The number of unbranched alkanes of at least 4 members (excludes halogenated alkanes) is 16. The van der Waals surface area contributed by atoms with Crippen LogP contribution in [-0.4, -0.2) is 18.2 Å². The van der Waals surface area contributed by atoms with Gasteiger partial charge in [-0.3, -0.25) is 14.4 Å². The summed E-state index contributed by atoms with van der Waals surface area (Å²) in [6, 6.07) is 4.55. The molecule has 0 amide bonds. The van der Waals surface area contributed by atoms with Gasteiger partial charge in [0.1, 0.15) is 6.29 Å². The Morgan fingerprint density at radius 1 is 0.500 bits per heavy atom. The Balaban J connectivity index is 2.21. The van der Waals surface area contributed by atoms with Crippen LogP contribution in [-0.2, 0) is 9.59 Å². The van der Waals surface area contributed by atoms with Gasteiger partial charge in [0.25, 0.3) is 0 Å². The summed E-state index contributed by atoms with van der Waals surface area (Å²) < 4.78 is 11.1. The first kappa shape index (κ1) is 42.8. The van der Waals surface area contributed by atoms with Crippen LogP contribution in [0.15, 0.2) is 66.8 Å². The Bertz CT molecular complexity index is 1080. The summed E-state index contributed by atoms with van der Waals surface area (Å²) in [6.45, 7) is 4.46. The Labute approximate surface area is 293 Å². The van der Waals surface area contributed by atoms with Crippen molar-refractivity contribution in [2.24, 2.45) is 0 Å². The minimum absolute atomic E-state index is 0.126. The molecule has 0 N–H and O–H groups in total. The second kappa shape index (κ2) is 32.3. The maximum absolute atomic E-state index is 12.5.